The first kappa shape index (κ1) is 26.8. The number of thiazole rings is 1. The Balaban J connectivity index is 1.84. The maximum absolute atomic E-state index is 13.2. The van der Waals surface area contributed by atoms with E-state index in [1.807, 2.05) is 32.2 Å². The molecule has 3 rings (SSSR count). The molecule has 2 aliphatic rings. The third-order valence-corrected chi connectivity index (χ3v) is 8.28. The third-order valence-electron chi connectivity index (χ3n) is 7.49. The molecule has 1 fully saturated rings. The van der Waals surface area contributed by atoms with Crippen molar-refractivity contribution in [1.29, 1.82) is 0 Å². The molecule has 188 valence electrons. The predicted molar refractivity (Wildman–Crippen MR) is 134 cm³/mol. The van der Waals surface area contributed by atoms with Crippen molar-refractivity contribution in [2.24, 2.45) is 17.3 Å². The van der Waals surface area contributed by atoms with Crippen molar-refractivity contribution in [1.82, 2.24) is 4.98 Å². The quantitative estimate of drug-likeness (QED) is 0.447. The fraction of sp³-hybridized carbons (Fsp3) is 0.667. The van der Waals surface area contributed by atoms with Crippen LogP contribution in [0.1, 0.15) is 83.3 Å². The average Bonchev–Trinajstić information content (AvgIpc) is 3.51. The number of allylic oxidation sites excluding steroid dienone is 1. The van der Waals surface area contributed by atoms with Crippen LogP contribution in [0.4, 0.5) is 0 Å². The molecule has 2 heterocycles. The largest absolute Gasteiger partial charge is 0.457 e. The smallest absolute Gasteiger partial charge is 0.309 e. The molecule has 5 atom stereocenters. The molecule has 1 aromatic heterocycles. The van der Waals surface area contributed by atoms with Gasteiger partial charge in [-0.25, -0.2) is 4.98 Å². The highest BCUT2D eigenvalue weighted by Gasteiger charge is 2.57. The minimum atomic E-state index is -1.10. The Hall–Kier alpha value is -1.83. The second-order valence-corrected chi connectivity index (χ2v) is 11.4. The lowest BCUT2D eigenvalue weighted by Crippen LogP contribution is -2.41. The van der Waals surface area contributed by atoms with E-state index in [-0.39, 0.29) is 18.1 Å². The highest BCUT2D eigenvalue weighted by atomic mass is 32.1. The van der Waals surface area contributed by atoms with Gasteiger partial charge in [-0.15, -0.1) is 11.3 Å². The van der Waals surface area contributed by atoms with Gasteiger partial charge < -0.3 is 14.9 Å². The van der Waals surface area contributed by atoms with E-state index >= 15 is 0 Å². The minimum Gasteiger partial charge on any atom is -0.457 e. The Morgan fingerprint density at radius 2 is 1.94 bits per heavy atom. The molecule has 7 heteroatoms. The molecule has 34 heavy (non-hydrogen) atoms. The number of esters is 1. The fourth-order valence-corrected chi connectivity index (χ4v) is 5.49. The Bertz CT molecular complexity index is 945. The van der Waals surface area contributed by atoms with Gasteiger partial charge in [-0.3, -0.25) is 9.59 Å². The Labute approximate surface area is 207 Å². The van der Waals surface area contributed by atoms with E-state index in [1.165, 1.54) is 5.57 Å². The van der Waals surface area contributed by atoms with Crippen LogP contribution >= 0.6 is 11.3 Å². The maximum atomic E-state index is 13.2. The number of cyclic esters (lactones) is 1. The van der Waals surface area contributed by atoms with Gasteiger partial charge in [0.15, 0.2) is 0 Å². The van der Waals surface area contributed by atoms with Gasteiger partial charge in [0.1, 0.15) is 11.9 Å². The van der Waals surface area contributed by atoms with Crippen molar-refractivity contribution in [3.05, 3.63) is 33.3 Å². The third kappa shape index (κ3) is 6.43. The molecule has 0 amide bonds. The van der Waals surface area contributed by atoms with E-state index in [1.54, 1.807) is 18.3 Å². The molecular formula is C27H39NO5S. The summed E-state index contributed by atoms with van der Waals surface area (Å²) in [7, 11) is 0. The maximum Gasteiger partial charge on any atom is 0.309 e. The summed E-state index contributed by atoms with van der Waals surface area (Å²) >= 11 is 1.57. The first-order valence-electron chi connectivity index (χ1n) is 12.4. The van der Waals surface area contributed by atoms with E-state index in [9.17, 15) is 19.8 Å². The summed E-state index contributed by atoms with van der Waals surface area (Å²) in [5.41, 5.74) is 1.99. The molecule has 2 N–H and O–H groups in total. The van der Waals surface area contributed by atoms with Gasteiger partial charge in [0.2, 0.25) is 0 Å². The van der Waals surface area contributed by atoms with Crippen LogP contribution in [-0.2, 0) is 14.3 Å². The molecule has 1 aromatic rings. The number of aryl methyl sites for hydroxylation is 1. The molecule has 0 unspecified atom stereocenters. The van der Waals surface area contributed by atoms with E-state index in [4.69, 9.17) is 4.74 Å². The lowest BCUT2D eigenvalue weighted by atomic mass is 9.79. The van der Waals surface area contributed by atoms with Crippen LogP contribution in [0.3, 0.4) is 0 Å². The normalized spacial score (nSPS) is 33.3. The first-order chi connectivity index (χ1) is 16.0. The van der Waals surface area contributed by atoms with Gasteiger partial charge in [-0.1, -0.05) is 25.5 Å². The second-order valence-electron chi connectivity index (χ2n) is 10.3. The number of aliphatic hydroxyl groups excluding tert-OH is 2. The lowest BCUT2D eigenvalue weighted by Gasteiger charge is -2.30. The van der Waals surface area contributed by atoms with Crippen LogP contribution < -0.4 is 0 Å². The molecule has 1 aliphatic carbocycles. The molecule has 0 bridgehead atoms. The number of aromatic nitrogens is 1. The van der Waals surface area contributed by atoms with Gasteiger partial charge >= 0.3 is 5.97 Å². The van der Waals surface area contributed by atoms with Crippen molar-refractivity contribution in [2.75, 3.05) is 0 Å². The van der Waals surface area contributed by atoms with Gasteiger partial charge in [0.25, 0.3) is 0 Å². The summed E-state index contributed by atoms with van der Waals surface area (Å²) in [6.07, 6.45) is 5.74. The zero-order valence-electron chi connectivity index (χ0n) is 21.0. The summed E-state index contributed by atoms with van der Waals surface area (Å²) in [5, 5.41) is 24.6. The molecule has 0 saturated heterocycles. The summed E-state index contributed by atoms with van der Waals surface area (Å²) in [6, 6.07) is 0. The van der Waals surface area contributed by atoms with Crippen molar-refractivity contribution < 1.29 is 24.5 Å². The number of ether oxygens (including phenoxy) is 1. The van der Waals surface area contributed by atoms with E-state index in [0.29, 0.717) is 19.3 Å². The summed E-state index contributed by atoms with van der Waals surface area (Å²) in [5.74, 6) is -1.25. The summed E-state index contributed by atoms with van der Waals surface area (Å²) in [4.78, 5) is 30.6. The molecular weight excluding hydrogens is 450 g/mol. The van der Waals surface area contributed by atoms with Crippen LogP contribution in [0.2, 0.25) is 0 Å². The van der Waals surface area contributed by atoms with E-state index < -0.39 is 35.6 Å². The summed E-state index contributed by atoms with van der Waals surface area (Å²) < 4.78 is 5.84. The van der Waals surface area contributed by atoms with Crippen LogP contribution in [0, 0.1) is 24.2 Å². The van der Waals surface area contributed by atoms with Gasteiger partial charge in [-0.05, 0) is 70.4 Å². The standard InChI is InChI=1S/C27H39NO5S/c1-16-7-6-8-17(2)25(31)19(4)26(32)27(11-12-27)23(29)14-24(30)33-22(10-9-16)18(3)13-21-15-34-20(5)28-21/h9,13,15,17,19,22-23,25,29,31H,6-8,10-12,14H2,1-5H3/b16-9-,18-13+/t17-,19+,22-,23-,25-/m0/s1. The number of hydrogen-bond donors (Lipinski definition) is 2. The molecule has 6 nitrogen and oxygen atoms in total. The number of rotatable bonds is 2. The van der Waals surface area contributed by atoms with Crippen LogP contribution in [-0.4, -0.2) is 45.3 Å². The van der Waals surface area contributed by atoms with Crippen molar-refractivity contribution in [3.8, 4) is 0 Å². The second kappa shape index (κ2) is 11.3. The van der Waals surface area contributed by atoms with Crippen molar-refractivity contribution >= 4 is 29.2 Å². The number of carbonyl (C=O) groups excluding carboxylic acids is 2. The Morgan fingerprint density at radius 1 is 1.24 bits per heavy atom. The van der Waals surface area contributed by atoms with Gasteiger partial charge in [0, 0.05) is 17.7 Å². The zero-order chi connectivity index (χ0) is 25.0. The number of carbonyl (C=O) groups is 2. The Morgan fingerprint density at radius 3 is 2.56 bits per heavy atom. The summed E-state index contributed by atoms with van der Waals surface area (Å²) in [6.45, 7) is 9.68. The SMILES string of the molecule is C/C1=C/C[C@@H](/C(C)=C/c2csc(C)n2)OC(=O)C[C@H](O)C2(CC2)C(=O)[C@H](C)[C@@H](O)[C@@H](C)CCC1. The van der Waals surface area contributed by atoms with Crippen molar-refractivity contribution in [2.45, 2.75) is 97.9 Å². The van der Waals surface area contributed by atoms with Gasteiger partial charge in [-0.2, -0.15) is 0 Å². The monoisotopic (exact) mass is 489 g/mol. The predicted octanol–water partition coefficient (Wildman–Crippen LogP) is 5.02. The molecule has 0 radical (unpaired) electrons. The topological polar surface area (TPSA) is 96.7 Å². The molecule has 1 aliphatic heterocycles. The van der Waals surface area contributed by atoms with Gasteiger partial charge in [0.05, 0.1) is 34.7 Å². The molecule has 0 aromatic carbocycles. The number of ketones is 1. The lowest BCUT2D eigenvalue weighted by molar-refractivity contribution is -0.152. The van der Waals surface area contributed by atoms with E-state index in [2.05, 4.69) is 18.0 Å². The Kier molecular flexibility index (Phi) is 8.87. The van der Waals surface area contributed by atoms with Crippen LogP contribution in [0.15, 0.2) is 22.6 Å². The molecule has 1 spiro atoms. The number of hydrogen-bond acceptors (Lipinski definition) is 7. The van der Waals surface area contributed by atoms with E-state index in [0.717, 1.165) is 35.5 Å². The number of aliphatic hydroxyl groups is 2. The highest BCUT2D eigenvalue weighted by Crippen LogP contribution is 2.52. The van der Waals surface area contributed by atoms with Crippen LogP contribution in [0.5, 0.6) is 0 Å². The van der Waals surface area contributed by atoms with Crippen molar-refractivity contribution in [3.63, 3.8) is 0 Å². The average molecular weight is 490 g/mol. The minimum absolute atomic E-state index is 0.0166. The number of Topliss-reactive ketones (excluding diaryl/α,β-unsaturated/α-hetero) is 1. The highest BCUT2D eigenvalue weighted by molar-refractivity contribution is 7.09. The number of nitrogens with zero attached hydrogens (tertiary/aromatic N) is 1. The fourth-order valence-electron chi connectivity index (χ4n) is 4.92. The zero-order valence-corrected chi connectivity index (χ0v) is 21.9. The van der Waals surface area contributed by atoms with Crippen LogP contribution in [0.25, 0.3) is 6.08 Å². The molecule has 1 saturated carbocycles. The first-order valence-corrected chi connectivity index (χ1v) is 13.3.